The third kappa shape index (κ3) is 5.30. The summed E-state index contributed by atoms with van der Waals surface area (Å²) in [4.78, 5) is 8.84. The zero-order chi connectivity index (χ0) is 15.9. The van der Waals surface area contributed by atoms with E-state index in [-0.39, 0.29) is 5.82 Å². The average Bonchev–Trinajstić information content (AvgIpc) is 2.50. The van der Waals surface area contributed by atoms with E-state index in [1.54, 1.807) is 0 Å². The molecular formula is C17H27FN4. The van der Waals surface area contributed by atoms with Crippen molar-refractivity contribution in [1.82, 2.24) is 9.80 Å². The Morgan fingerprint density at radius 2 is 1.95 bits per heavy atom. The van der Waals surface area contributed by atoms with Gasteiger partial charge in [-0.15, -0.1) is 0 Å². The minimum Gasteiger partial charge on any atom is -0.370 e. The zero-order valence-electron chi connectivity index (χ0n) is 13.6. The van der Waals surface area contributed by atoms with E-state index in [4.69, 9.17) is 5.73 Å². The molecule has 0 aliphatic carbocycles. The molecule has 0 amide bonds. The van der Waals surface area contributed by atoms with Gasteiger partial charge in [0.15, 0.2) is 5.96 Å². The fourth-order valence-electron chi connectivity index (χ4n) is 2.65. The first kappa shape index (κ1) is 16.7. The molecule has 1 fully saturated rings. The monoisotopic (exact) mass is 306 g/mol. The highest BCUT2D eigenvalue weighted by atomic mass is 19.1. The molecule has 0 radical (unpaired) electrons. The van der Waals surface area contributed by atoms with Crippen molar-refractivity contribution in [2.45, 2.75) is 26.3 Å². The highest BCUT2D eigenvalue weighted by Gasteiger charge is 2.16. The Labute approximate surface area is 132 Å². The summed E-state index contributed by atoms with van der Waals surface area (Å²) in [6.07, 6.45) is 2.39. The number of hydrogen-bond acceptors (Lipinski definition) is 2. The van der Waals surface area contributed by atoms with Crippen molar-refractivity contribution < 1.29 is 4.39 Å². The van der Waals surface area contributed by atoms with Gasteiger partial charge >= 0.3 is 0 Å². The lowest BCUT2D eigenvalue weighted by molar-refractivity contribution is 0.276. The quantitative estimate of drug-likeness (QED) is 0.670. The Hall–Kier alpha value is -1.62. The van der Waals surface area contributed by atoms with Crippen LogP contribution in [0.1, 0.15) is 25.3 Å². The van der Waals surface area contributed by atoms with Crippen LogP contribution < -0.4 is 5.73 Å². The summed E-state index contributed by atoms with van der Waals surface area (Å²) in [5.74, 6) is 1.27. The number of nitrogens with zero attached hydrogens (tertiary/aromatic N) is 3. The van der Waals surface area contributed by atoms with Gasteiger partial charge in [-0.2, -0.15) is 0 Å². The number of nitrogens with two attached hydrogens (primary N) is 1. The maximum absolute atomic E-state index is 12.9. The summed E-state index contributed by atoms with van der Waals surface area (Å²) in [6.45, 7) is 6.63. The lowest BCUT2D eigenvalue weighted by Gasteiger charge is -2.31. The third-order valence-corrected chi connectivity index (χ3v) is 4.23. The molecule has 122 valence electrons. The van der Waals surface area contributed by atoms with Gasteiger partial charge in [-0.3, -0.25) is 4.99 Å². The second-order valence-electron chi connectivity index (χ2n) is 6.27. The second kappa shape index (κ2) is 8.13. The molecule has 0 aromatic heterocycles. The van der Waals surface area contributed by atoms with Crippen LogP contribution >= 0.6 is 0 Å². The Bertz CT molecular complexity index is 478. The summed E-state index contributed by atoms with van der Waals surface area (Å²) >= 11 is 0. The minimum absolute atomic E-state index is 0.195. The van der Waals surface area contributed by atoms with Crippen molar-refractivity contribution in [2.24, 2.45) is 16.6 Å². The van der Waals surface area contributed by atoms with Crippen LogP contribution in [0.4, 0.5) is 4.39 Å². The molecule has 0 atom stereocenters. The summed E-state index contributed by atoms with van der Waals surface area (Å²) in [5.41, 5.74) is 7.17. The smallest absolute Gasteiger partial charge is 0.191 e. The number of likely N-dealkylation sites (tertiary alicyclic amines) is 1. The molecule has 1 aliphatic heterocycles. The highest BCUT2D eigenvalue weighted by molar-refractivity contribution is 5.78. The van der Waals surface area contributed by atoms with E-state index in [2.05, 4.69) is 21.7 Å². The molecule has 1 aromatic rings. The summed E-state index contributed by atoms with van der Waals surface area (Å²) in [7, 11) is 2.04. The predicted octanol–water partition coefficient (Wildman–Crippen LogP) is 2.30. The molecule has 22 heavy (non-hydrogen) atoms. The van der Waals surface area contributed by atoms with E-state index >= 15 is 0 Å². The fraction of sp³-hybridized carbons (Fsp3) is 0.588. The molecule has 0 unspecified atom stereocenters. The molecule has 1 aliphatic rings. The molecule has 2 N–H and O–H groups in total. The van der Waals surface area contributed by atoms with Crippen LogP contribution in [0.3, 0.4) is 0 Å². The molecule has 1 aromatic carbocycles. The van der Waals surface area contributed by atoms with Gasteiger partial charge in [-0.25, -0.2) is 4.39 Å². The molecule has 1 heterocycles. The molecule has 0 spiro atoms. The maximum atomic E-state index is 12.9. The predicted molar refractivity (Wildman–Crippen MR) is 89.2 cm³/mol. The van der Waals surface area contributed by atoms with E-state index in [9.17, 15) is 4.39 Å². The van der Waals surface area contributed by atoms with Crippen LogP contribution in [0.2, 0.25) is 0 Å². The average molecular weight is 306 g/mol. The Morgan fingerprint density at radius 3 is 2.59 bits per heavy atom. The van der Waals surface area contributed by atoms with E-state index in [1.807, 2.05) is 19.2 Å². The van der Waals surface area contributed by atoms with E-state index in [1.165, 1.54) is 25.0 Å². The van der Waals surface area contributed by atoms with Gasteiger partial charge in [0.1, 0.15) is 5.82 Å². The number of likely N-dealkylation sites (N-methyl/N-ethyl adjacent to an activating group) is 1. The van der Waals surface area contributed by atoms with Crippen molar-refractivity contribution in [3.63, 3.8) is 0 Å². The number of rotatable bonds is 5. The van der Waals surface area contributed by atoms with Gasteiger partial charge in [0.2, 0.25) is 0 Å². The zero-order valence-corrected chi connectivity index (χ0v) is 13.6. The summed E-state index contributed by atoms with van der Waals surface area (Å²) in [6, 6.07) is 6.63. The maximum Gasteiger partial charge on any atom is 0.191 e. The van der Waals surface area contributed by atoms with Crippen LogP contribution in [0.5, 0.6) is 0 Å². The molecule has 5 heteroatoms. The van der Waals surface area contributed by atoms with Crippen LogP contribution in [0, 0.1) is 11.7 Å². The fourth-order valence-corrected chi connectivity index (χ4v) is 2.65. The Balaban J connectivity index is 1.72. The van der Waals surface area contributed by atoms with Gasteiger partial charge < -0.3 is 15.5 Å². The molecule has 0 saturated carbocycles. The van der Waals surface area contributed by atoms with Gasteiger partial charge in [0.05, 0.1) is 6.54 Å². The number of halogens is 1. The topological polar surface area (TPSA) is 44.9 Å². The first-order valence-corrected chi connectivity index (χ1v) is 8.02. The van der Waals surface area contributed by atoms with Crippen molar-refractivity contribution in [3.8, 4) is 0 Å². The van der Waals surface area contributed by atoms with Crippen molar-refractivity contribution >= 4 is 5.96 Å². The van der Waals surface area contributed by atoms with Gasteiger partial charge in [-0.1, -0.05) is 19.1 Å². The van der Waals surface area contributed by atoms with Crippen LogP contribution in [0.15, 0.2) is 29.3 Å². The van der Waals surface area contributed by atoms with Crippen LogP contribution in [-0.4, -0.2) is 49.0 Å². The van der Waals surface area contributed by atoms with Crippen LogP contribution in [-0.2, 0) is 6.54 Å². The largest absolute Gasteiger partial charge is 0.370 e. The van der Waals surface area contributed by atoms with E-state index < -0.39 is 0 Å². The standard InChI is InChI=1S/C17H27FN4/c1-14-7-10-22(11-8-14)17(19)20-9-12-21(2)13-15-3-5-16(18)6-4-15/h3-6,14H,7-13H2,1-2H3,(H2,19,20). The van der Waals surface area contributed by atoms with Gasteiger partial charge in [-0.05, 0) is 43.5 Å². The second-order valence-corrected chi connectivity index (χ2v) is 6.27. The lowest BCUT2D eigenvalue weighted by atomic mass is 10.00. The van der Waals surface area contributed by atoms with E-state index in [0.717, 1.165) is 37.7 Å². The molecule has 2 rings (SSSR count). The number of hydrogen-bond donors (Lipinski definition) is 1. The van der Waals surface area contributed by atoms with Crippen molar-refractivity contribution in [1.29, 1.82) is 0 Å². The molecule has 4 nitrogen and oxygen atoms in total. The normalized spacial score (nSPS) is 17.3. The molecule has 0 bridgehead atoms. The molecular weight excluding hydrogens is 279 g/mol. The third-order valence-electron chi connectivity index (χ3n) is 4.23. The number of aliphatic imine (C=N–C) groups is 1. The number of piperidine rings is 1. The highest BCUT2D eigenvalue weighted by Crippen LogP contribution is 2.15. The van der Waals surface area contributed by atoms with Gasteiger partial charge in [0.25, 0.3) is 0 Å². The molecule has 1 saturated heterocycles. The summed E-state index contributed by atoms with van der Waals surface area (Å²) < 4.78 is 12.9. The lowest BCUT2D eigenvalue weighted by Crippen LogP contribution is -2.42. The Morgan fingerprint density at radius 1 is 1.32 bits per heavy atom. The van der Waals surface area contributed by atoms with E-state index in [0.29, 0.717) is 12.5 Å². The van der Waals surface area contributed by atoms with Gasteiger partial charge in [0, 0.05) is 26.2 Å². The summed E-state index contributed by atoms with van der Waals surface area (Å²) in [5, 5.41) is 0. The minimum atomic E-state index is -0.195. The first-order valence-electron chi connectivity index (χ1n) is 8.02. The SMILES string of the molecule is CC1CCN(C(N)=NCCN(C)Cc2ccc(F)cc2)CC1. The van der Waals surface area contributed by atoms with Crippen LogP contribution in [0.25, 0.3) is 0 Å². The number of guanidine groups is 1. The van der Waals surface area contributed by atoms with Crippen molar-refractivity contribution in [2.75, 3.05) is 33.2 Å². The first-order chi connectivity index (χ1) is 10.5. The Kier molecular flexibility index (Phi) is 6.19. The number of benzene rings is 1. The van der Waals surface area contributed by atoms with Crippen molar-refractivity contribution in [3.05, 3.63) is 35.6 Å².